The van der Waals surface area contributed by atoms with Gasteiger partial charge < -0.3 is 14.6 Å². The molecule has 0 fully saturated rings. The van der Waals surface area contributed by atoms with Crippen molar-refractivity contribution in [1.82, 2.24) is 0 Å². The zero-order valence-corrected chi connectivity index (χ0v) is 8.20. The third-order valence-corrected chi connectivity index (χ3v) is 1.99. The van der Waals surface area contributed by atoms with Crippen LogP contribution in [0.15, 0.2) is 12.1 Å². The lowest BCUT2D eigenvalue weighted by molar-refractivity contribution is -0.0445. The molecule has 4 nitrogen and oxygen atoms in total. The van der Waals surface area contributed by atoms with Crippen LogP contribution in [0.25, 0.3) is 0 Å². The number of halogens is 1. The minimum absolute atomic E-state index is 0.139. The van der Waals surface area contributed by atoms with Crippen LogP contribution in [0.4, 0.5) is 4.39 Å². The summed E-state index contributed by atoms with van der Waals surface area (Å²) in [6.07, 6.45) is 0. The number of ether oxygens (including phenoxy) is 2. The molecule has 0 aromatic heterocycles. The number of carbonyl (C=O) groups is 1. The molecule has 0 radical (unpaired) electrons. The van der Waals surface area contributed by atoms with Crippen molar-refractivity contribution in [2.24, 2.45) is 0 Å². The Morgan fingerprint density at radius 3 is 2.67 bits per heavy atom. The van der Waals surface area contributed by atoms with Crippen LogP contribution in [-0.2, 0) is 0 Å². The van der Waals surface area contributed by atoms with E-state index in [0.29, 0.717) is 0 Å². The second-order valence-corrected chi connectivity index (χ2v) is 3.66. The van der Waals surface area contributed by atoms with Crippen molar-refractivity contribution in [1.29, 1.82) is 0 Å². The number of hydrogen-bond donors (Lipinski definition) is 1. The quantitative estimate of drug-likeness (QED) is 0.773. The second-order valence-electron chi connectivity index (χ2n) is 3.66. The number of carboxylic acid groups (broad SMARTS) is 1. The second kappa shape index (κ2) is 2.85. The van der Waals surface area contributed by atoms with Crippen LogP contribution < -0.4 is 9.47 Å². The Morgan fingerprint density at radius 1 is 1.40 bits per heavy atom. The van der Waals surface area contributed by atoms with Crippen molar-refractivity contribution in [3.63, 3.8) is 0 Å². The normalized spacial score (nSPS) is 16.5. The lowest BCUT2D eigenvalue weighted by Crippen LogP contribution is -2.29. The molecule has 0 saturated carbocycles. The highest BCUT2D eigenvalue weighted by molar-refractivity contribution is 5.89. The summed E-state index contributed by atoms with van der Waals surface area (Å²) in [5.41, 5.74) is -0.421. The summed E-state index contributed by atoms with van der Waals surface area (Å²) in [5, 5.41) is 8.69. The van der Waals surface area contributed by atoms with Crippen molar-refractivity contribution in [3.8, 4) is 11.5 Å². The molecule has 5 heteroatoms. The van der Waals surface area contributed by atoms with Crippen LogP contribution in [0, 0.1) is 5.82 Å². The van der Waals surface area contributed by atoms with Crippen LogP contribution >= 0.6 is 0 Å². The SMILES string of the molecule is CC1(C)Oc2ccc(C(=O)O)c(F)c2O1. The molecular formula is C10H9FO4. The summed E-state index contributed by atoms with van der Waals surface area (Å²) in [7, 11) is 0. The maximum atomic E-state index is 13.6. The topological polar surface area (TPSA) is 55.8 Å². The molecule has 0 bridgehead atoms. The summed E-state index contributed by atoms with van der Waals surface area (Å²) < 4.78 is 24.0. The molecule has 1 aromatic rings. The molecule has 0 amide bonds. The molecule has 80 valence electrons. The predicted octanol–water partition coefficient (Wildman–Crippen LogP) is 2.03. The van der Waals surface area contributed by atoms with Gasteiger partial charge in [0, 0.05) is 13.8 Å². The zero-order chi connectivity index (χ0) is 11.2. The van der Waals surface area contributed by atoms with E-state index in [9.17, 15) is 9.18 Å². The highest BCUT2D eigenvalue weighted by Crippen LogP contribution is 2.42. The monoisotopic (exact) mass is 212 g/mol. The fourth-order valence-corrected chi connectivity index (χ4v) is 1.41. The minimum Gasteiger partial charge on any atom is -0.478 e. The average molecular weight is 212 g/mol. The van der Waals surface area contributed by atoms with E-state index >= 15 is 0 Å². The van der Waals surface area contributed by atoms with Crippen LogP contribution in [0.3, 0.4) is 0 Å². The van der Waals surface area contributed by atoms with E-state index in [4.69, 9.17) is 14.6 Å². The van der Waals surface area contributed by atoms with E-state index in [2.05, 4.69) is 0 Å². The lowest BCUT2D eigenvalue weighted by atomic mass is 10.2. The molecule has 15 heavy (non-hydrogen) atoms. The highest BCUT2D eigenvalue weighted by atomic mass is 19.1. The lowest BCUT2D eigenvalue weighted by Gasteiger charge is -2.16. The Kier molecular flexibility index (Phi) is 1.86. The largest absolute Gasteiger partial charge is 0.478 e. The summed E-state index contributed by atoms with van der Waals surface area (Å²) in [6, 6.07) is 2.54. The van der Waals surface area contributed by atoms with Gasteiger partial charge in [0.1, 0.15) is 0 Å². The van der Waals surface area contributed by atoms with Gasteiger partial charge in [0.2, 0.25) is 11.5 Å². The van der Waals surface area contributed by atoms with Gasteiger partial charge in [-0.2, -0.15) is 0 Å². The number of fused-ring (bicyclic) bond motifs is 1. The molecule has 1 aromatic carbocycles. The molecule has 0 unspecified atom stereocenters. The van der Waals surface area contributed by atoms with E-state index < -0.39 is 23.1 Å². The molecule has 1 N–H and O–H groups in total. The predicted molar refractivity (Wildman–Crippen MR) is 48.7 cm³/mol. The number of hydrogen-bond acceptors (Lipinski definition) is 3. The average Bonchev–Trinajstić information content (AvgIpc) is 2.40. The van der Waals surface area contributed by atoms with Gasteiger partial charge in [-0.05, 0) is 12.1 Å². The van der Waals surface area contributed by atoms with Crippen molar-refractivity contribution in [2.75, 3.05) is 0 Å². The van der Waals surface area contributed by atoms with Gasteiger partial charge in [0.25, 0.3) is 0 Å². The van der Waals surface area contributed by atoms with Gasteiger partial charge in [0.05, 0.1) is 5.56 Å². The molecule has 1 aliphatic heterocycles. The van der Waals surface area contributed by atoms with Crippen molar-refractivity contribution in [3.05, 3.63) is 23.5 Å². The van der Waals surface area contributed by atoms with Gasteiger partial charge in [0.15, 0.2) is 11.6 Å². The van der Waals surface area contributed by atoms with E-state index in [1.54, 1.807) is 13.8 Å². The molecule has 0 atom stereocenters. The van der Waals surface area contributed by atoms with Gasteiger partial charge in [-0.3, -0.25) is 0 Å². The first-order valence-electron chi connectivity index (χ1n) is 4.34. The summed E-state index contributed by atoms with van der Waals surface area (Å²) in [5.74, 6) is -3.10. The fraction of sp³-hybridized carbons (Fsp3) is 0.300. The Bertz CT molecular complexity index is 439. The number of aromatic carboxylic acids is 1. The van der Waals surface area contributed by atoms with Crippen molar-refractivity contribution in [2.45, 2.75) is 19.6 Å². The molecule has 0 aliphatic carbocycles. The summed E-state index contributed by atoms with van der Waals surface area (Å²) in [6.45, 7) is 3.24. The van der Waals surface area contributed by atoms with Crippen LogP contribution in [-0.4, -0.2) is 16.9 Å². The smallest absolute Gasteiger partial charge is 0.338 e. The number of carboxylic acids is 1. The van der Waals surface area contributed by atoms with Gasteiger partial charge >= 0.3 is 5.97 Å². The maximum absolute atomic E-state index is 13.6. The van der Waals surface area contributed by atoms with Gasteiger partial charge in [-0.15, -0.1) is 0 Å². The molecule has 1 heterocycles. The van der Waals surface area contributed by atoms with Crippen molar-refractivity contribution >= 4 is 5.97 Å². The zero-order valence-electron chi connectivity index (χ0n) is 8.20. The van der Waals surface area contributed by atoms with E-state index in [1.165, 1.54) is 6.07 Å². The fourth-order valence-electron chi connectivity index (χ4n) is 1.41. The third-order valence-electron chi connectivity index (χ3n) is 1.99. The molecule has 0 saturated heterocycles. The Hall–Kier alpha value is -1.78. The first kappa shape index (κ1) is 9.76. The Morgan fingerprint density at radius 2 is 2.07 bits per heavy atom. The summed E-state index contributed by atoms with van der Waals surface area (Å²) in [4.78, 5) is 10.6. The first-order chi connectivity index (χ1) is 6.91. The van der Waals surface area contributed by atoms with Crippen LogP contribution in [0.5, 0.6) is 11.5 Å². The number of benzene rings is 1. The minimum atomic E-state index is -1.33. The Balaban J connectivity index is 2.53. The van der Waals surface area contributed by atoms with Gasteiger partial charge in [-0.1, -0.05) is 0 Å². The maximum Gasteiger partial charge on any atom is 0.338 e. The first-order valence-corrected chi connectivity index (χ1v) is 4.34. The molecule has 1 aliphatic rings. The van der Waals surface area contributed by atoms with Crippen molar-refractivity contribution < 1.29 is 23.8 Å². The Labute approximate surface area is 85.2 Å². The van der Waals surface area contributed by atoms with E-state index in [-0.39, 0.29) is 11.5 Å². The van der Waals surface area contributed by atoms with Crippen LogP contribution in [0.1, 0.15) is 24.2 Å². The number of rotatable bonds is 1. The highest BCUT2D eigenvalue weighted by Gasteiger charge is 2.35. The van der Waals surface area contributed by atoms with E-state index in [1.807, 2.05) is 0 Å². The third kappa shape index (κ3) is 1.49. The molecular weight excluding hydrogens is 203 g/mol. The summed E-state index contributed by atoms with van der Waals surface area (Å²) >= 11 is 0. The molecule has 0 spiro atoms. The standard InChI is InChI=1S/C10H9FO4/c1-10(2)14-6-4-3-5(9(12)13)7(11)8(6)15-10/h3-4H,1-2H3,(H,12,13). The molecule has 2 rings (SSSR count). The van der Waals surface area contributed by atoms with E-state index in [0.717, 1.165) is 6.07 Å². The van der Waals surface area contributed by atoms with Crippen LogP contribution in [0.2, 0.25) is 0 Å². The van der Waals surface area contributed by atoms with Gasteiger partial charge in [-0.25, -0.2) is 9.18 Å².